The minimum absolute atomic E-state index is 0.0529. The molecular formula is C28H39N3O5S2. The molecule has 4 rings (SSSR count). The highest BCUT2D eigenvalue weighted by atomic mass is 32.2. The van der Waals surface area contributed by atoms with Gasteiger partial charge in [-0.2, -0.15) is 0 Å². The van der Waals surface area contributed by atoms with Gasteiger partial charge in [0.2, 0.25) is 10.0 Å². The normalized spacial score (nSPS) is 17.6. The third kappa shape index (κ3) is 6.24. The monoisotopic (exact) mass is 561 g/mol. The highest BCUT2D eigenvalue weighted by molar-refractivity contribution is 7.92. The molecule has 8 nitrogen and oxygen atoms in total. The Labute approximate surface area is 227 Å². The summed E-state index contributed by atoms with van der Waals surface area (Å²) in [6, 6.07) is 12.5. The van der Waals surface area contributed by atoms with Gasteiger partial charge in [-0.25, -0.2) is 21.1 Å². The Morgan fingerprint density at radius 3 is 2.21 bits per heavy atom. The number of ketones is 1. The van der Waals surface area contributed by atoms with E-state index in [1.807, 2.05) is 38.1 Å². The lowest BCUT2D eigenvalue weighted by molar-refractivity contribution is 0.0978. The average molecular weight is 562 g/mol. The molecule has 2 aliphatic heterocycles. The lowest BCUT2D eigenvalue weighted by Gasteiger charge is -2.37. The van der Waals surface area contributed by atoms with Gasteiger partial charge in [0.25, 0.3) is 10.0 Å². The summed E-state index contributed by atoms with van der Waals surface area (Å²) in [4.78, 5) is 15.2. The highest BCUT2D eigenvalue weighted by Crippen LogP contribution is 2.34. The topological polar surface area (TPSA) is 95.1 Å². The lowest BCUT2D eigenvalue weighted by Crippen LogP contribution is -2.42. The average Bonchev–Trinajstić information content (AvgIpc) is 2.88. The van der Waals surface area contributed by atoms with Crippen molar-refractivity contribution < 1.29 is 21.6 Å². The van der Waals surface area contributed by atoms with E-state index in [4.69, 9.17) is 0 Å². The fourth-order valence-electron chi connectivity index (χ4n) is 5.29. The van der Waals surface area contributed by atoms with E-state index in [2.05, 4.69) is 11.8 Å². The predicted octanol–water partition coefficient (Wildman–Crippen LogP) is 4.16. The highest BCUT2D eigenvalue weighted by Gasteiger charge is 2.32. The predicted molar refractivity (Wildman–Crippen MR) is 152 cm³/mol. The molecule has 1 fully saturated rings. The molecule has 0 aliphatic carbocycles. The molecule has 0 amide bonds. The summed E-state index contributed by atoms with van der Waals surface area (Å²) >= 11 is 0. The molecule has 0 saturated carbocycles. The molecule has 0 unspecified atom stereocenters. The van der Waals surface area contributed by atoms with Crippen molar-refractivity contribution in [2.45, 2.75) is 51.3 Å². The zero-order valence-corrected chi connectivity index (χ0v) is 24.4. The van der Waals surface area contributed by atoms with Gasteiger partial charge in [-0.1, -0.05) is 32.9 Å². The minimum Gasteiger partial charge on any atom is -0.370 e. The van der Waals surface area contributed by atoms with Gasteiger partial charge in [0.05, 0.1) is 16.8 Å². The summed E-state index contributed by atoms with van der Waals surface area (Å²) in [7, 11) is -7.07. The van der Waals surface area contributed by atoms with E-state index in [9.17, 15) is 21.6 Å². The maximum absolute atomic E-state index is 13.9. The van der Waals surface area contributed by atoms with E-state index in [-0.39, 0.29) is 16.6 Å². The second kappa shape index (κ2) is 11.4. The molecule has 0 atom stereocenters. The van der Waals surface area contributed by atoms with Crippen molar-refractivity contribution in [1.82, 2.24) is 4.31 Å². The zero-order valence-electron chi connectivity index (χ0n) is 22.8. The molecule has 0 bridgehead atoms. The summed E-state index contributed by atoms with van der Waals surface area (Å²) in [5, 5.41) is 0. The number of hydrogen-bond donors (Lipinski definition) is 0. The number of piperidine rings is 1. The van der Waals surface area contributed by atoms with Crippen molar-refractivity contribution in [3.05, 3.63) is 53.6 Å². The van der Waals surface area contributed by atoms with Crippen molar-refractivity contribution in [3.63, 3.8) is 0 Å². The largest absolute Gasteiger partial charge is 0.370 e. The van der Waals surface area contributed by atoms with Gasteiger partial charge < -0.3 is 4.90 Å². The summed E-state index contributed by atoms with van der Waals surface area (Å²) in [5.74, 6) is 0.368. The van der Waals surface area contributed by atoms with Gasteiger partial charge in [0.15, 0.2) is 5.78 Å². The Balaban J connectivity index is 1.59. The summed E-state index contributed by atoms with van der Waals surface area (Å²) in [5.41, 5.74) is 2.95. The van der Waals surface area contributed by atoms with Crippen LogP contribution in [0.2, 0.25) is 0 Å². The Morgan fingerprint density at radius 2 is 1.63 bits per heavy atom. The van der Waals surface area contributed by atoms with E-state index in [1.165, 1.54) is 14.9 Å². The van der Waals surface area contributed by atoms with Crippen LogP contribution in [0.15, 0.2) is 47.4 Å². The van der Waals surface area contributed by atoms with Gasteiger partial charge in [-0.3, -0.25) is 9.10 Å². The number of aryl methyl sites for hydroxylation is 1. The number of anilines is 2. The van der Waals surface area contributed by atoms with Crippen LogP contribution in [0, 0.1) is 11.8 Å². The zero-order chi connectivity index (χ0) is 27.7. The number of carbonyl (C=O) groups excluding carboxylic acids is 1. The Kier molecular flexibility index (Phi) is 8.54. The van der Waals surface area contributed by atoms with Gasteiger partial charge in [-0.15, -0.1) is 0 Å². The van der Waals surface area contributed by atoms with Crippen LogP contribution in [0.5, 0.6) is 0 Å². The van der Waals surface area contributed by atoms with Crippen LogP contribution in [0.1, 0.15) is 56.0 Å². The van der Waals surface area contributed by atoms with E-state index >= 15 is 0 Å². The SMILES string of the molecule is CCc1ccc(N(CC(C)C)S(=O)(=O)c2ccc3c(c2)C(=O)CCN3CC2CCN(S(C)(=O)=O)CC2)cc1. The smallest absolute Gasteiger partial charge is 0.264 e. The number of hydrogen-bond acceptors (Lipinski definition) is 6. The van der Waals surface area contributed by atoms with E-state index in [0.29, 0.717) is 56.3 Å². The second-order valence-corrected chi connectivity index (χ2v) is 14.7. The Hall–Kier alpha value is -2.43. The molecule has 2 heterocycles. The van der Waals surface area contributed by atoms with Crippen molar-refractivity contribution in [2.24, 2.45) is 11.8 Å². The van der Waals surface area contributed by atoms with Crippen LogP contribution in [0.3, 0.4) is 0 Å². The molecule has 38 heavy (non-hydrogen) atoms. The summed E-state index contributed by atoms with van der Waals surface area (Å²) < 4.78 is 54.4. The molecule has 0 spiro atoms. The fraction of sp³-hybridized carbons (Fsp3) is 0.536. The van der Waals surface area contributed by atoms with Gasteiger partial charge in [0, 0.05) is 50.4 Å². The molecule has 0 aromatic heterocycles. The molecule has 2 aliphatic rings. The number of nitrogens with zero attached hydrogens (tertiary/aromatic N) is 3. The maximum Gasteiger partial charge on any atom is 0.264 e. The van der Waals surface area contributed by atoms with E-state index < -0.39 is 20.0 Å². The molecule has 0 radical (unpaired) electrons. The number of rotatable bonds is 9. The third-order valence-corrected chi connectivity index (χ3v) is 10.6. The first-order valence-electron chi connectivity index (χ1n) is 13.4. The molecule has 0 N–H and O–H groups in total. The summed E-state index contributed by atoms with van der Waals surface area (Å²) in [6.45, 7) is 8.66. The van der Waals surface area contributed by atoms with Crippen LogP contribution < -0.4 is 9.21 Å². The van der Waals surface area contributed by atoms with Gasteiger partial charge in [-0.05, 0) is 67.0 Å². The van der Waals surface area contributed by atoms with Crippen molar-refractivity contribution >= 4 is 37.2 Å². The van der Waals surface area contributed by atoms with Crippen LogP contribution in [0.4, 0.5) is 11.4 Å². The molecular weight excluding hydrogens is 522 g/mol. The van der Waals surface area contributed by atoms with Crippen molar-refractivity contribution in [1.29, 1.82) is 0 Å². The number of Topliss-reactive ketones (excluding diaryl/α,β-unsaturated/α-hetero) is 1. The quantitative estimate of drug-likeness (QED) is 0.456. The fourth-order valence-corrected chi connectivity index (χ4v) is 7.82. The molecule has 10 heteroatoms. The Bertz CT molecular complexity index is 1360. The van der Waals surface area contributed by atoms with Crippen LogP contribution >= 0.6 is 0 Å². The first kappa shape index (κ1) is 28.6. The number of fused-ring (bicyclic) bond motifs is 1. The van der Waals surface area contributed by atoms with Crippen LogP contribution in [-0.4, -0.2) is 65.9 Å². The molecule has 2 aromatic rings. The number of benzene rings is 2. The van der Waals surface area contributed by atoms with Crippen LogP contribution in [-0.2, 0) is 26.5 Å². The minimum atomic E-state index is -3.89. The first-order chi connectivity index (χ1) is 17.9. The lowest BCUT2D eigenvalue weighted by atomic mass is 9.94. The standard InChI is InChI=1S/C28H39N3O5S2/c1-5-22-6-8-24(9-7-22)31(19-21(2)3)38(35,36)25-10-11-27-26(18-25)28(32)14-15-29(27)20-23-12-16-30(17-13-23)37(4,33)34/h6-11,18,21,23H,5,12-17,19-20H2,1-4H3. The van der Waals surface area contributed by atoms with E-state index in [0.717, 1.165) is 30.5 Å². The van der Waals surface area contributed by atoms with Crippen LogP contribution in [0.25, 0.3) is 0 Å². The van der Waals surface area contributed by atoms with Crippen molar-refractivity contribution in [3.8, 4) is 0 Å². The van der Waals surface area contributed by atoms with Gasteiger partial charge in [0.1, 0.15) is 0 Å². The molecule has 208 valence electrons. The maximum atomic E-state index is 13.9. The second-order valence-electron chi connectivity index (χ2n) is 10.9. The first-order valence-corrected chi connectivity index (χ1v) is 16.7. The third-order valence-electron chi connectivity index (χ3n) is 7.49. The van der Waals surface area contributed by atoms with Crippen molar-refractivity contribution in [2.75, 3.05) is 48.2 Å². The number of sulfonamides is 2. The molecule has 2 aromatic carbocycles. The Morgan fingerprint density at radius 1 is 0.974 bits per heavy atom. The van der Waals surface area contributed by atoms with E-state index in [1.54, 1.807) is 18.2 Å². The number of carbonyl (C=O) groups is 1. The summed E-state index contributed by atoms with van der Waals surface area (Å²) in [6.07, 6.45) is 3.97. The molecule has 1 saturated heterocycles. The van der Waals surface area contributed by atoms with Gasteiger partial charge >= 0.3 is 0 Å².